The van der Waals surface area contributed by atoms with Gasteiger partial charge in [0.25, 0.3) is 0 Å². The molecule has 1 rings (SSSR count). The third-order valence-electron chi connectivity index (χ3n) is 3.35. The lowest BCUT2D eigenvalue weighted by Crippen LogP contribution is -2.50. The number of rotatable bonds is 6. The maximum Gasteiger partial charge on any atom is 0.240 e. The van der Waals surface area contributed by atoms with Crippen LogP contribution in [0.25, 0.3) is 0 Å². The van der Waals surface area contributed by atoms with Gasteiger partial charge in [-0.2, -0.15) is 5.26 Å². The number of carbonyl (C=O) groups excluding carboxylic acids is 1. The number of benzene rings is 1. The van der Waals surface area contributed by atoms with Crippen LogP contribution in [0, 0.1) is 17.2 Å². The Morgan fingerprint density at radius 2 is 2.20 bits per heavy atom. The highest BCUT2D eigenvalue weighted by Crippen LogP contribution is 2.15. The van der Waals surface area contributed by atoms with E-state index in [2.05, 4.69) is 16.7 Å². The molecular formula is C15H21N3O2. The van der Waals surface area contributed by atoms with E-state index in [4.69, 9.17) is 10.4 Å². The van der Waals surface area contributed by atoms with Crippen molar-refractivity contribution in [2.24, 2.45) is 5.92 Å². The first-order valence-corrected chi connectivity index (χ1v) is 6.57. The van der Waals surface area contributed by atoms with Crippen molar-refractivity contribution in [1.29, 1.82) is 5.26 Å². The van der Waals surface area contributed by atoms with Crippen molar-refractivity contribution in [1.82, 2.24) is 5.32 Å². The number of carbonyl (C=O) groups is 1. The van der Waals surface area contributed by atoms with Crippen LogP contribution in [0.3, 0.4) is 0 Å². The van der Waals surface area contributed by atoms with Crippen molar-refractivity contribution in [2.75, 3.05) is 11.9 Å². The van der Waals surface area contributed by atoms with E-state index in [1.165, 1.54) is 0 Å². The van der Waals surface area contributed by atoms with Gasteiger partial charge in [-0.05, 0) is 30.5 Å². The monoisotopic (exact) mass is 275 g/mol. The van der Waals surface area contributed by atoms with Gasteiger partial charge in [-0.15, -0.1) is 0 Å². The fraction of sp³-hybridized carbons (Fsp3) is 0.467. The highest BCUT2D eigenvalue weighted by atomic mass is 16.3. The molecule has 0 aliphatic rings. The van der Waals surface area contributed by atoms with E-state index in [9.17, 15) is 4.79 Å². The first kappa shape index (κ1) is 16.0. The summed E-state index contributed by atoms with van der Waals surface area (Å²) in [5, 5.41) is 23.9. The summed E-state index contributed by atoms with van der Waals surface area (Å²) in [6.45, 7) is 5.53. The average Bonchev–Trinajstić information content (AvgIpc) is 2.45. The summed E-state index contributed by atoms with van der Waals surface area (Å²) in [5.74, 6) is -0.216. The number of nitrogens with one attached hydrogen (secondary N) is 2. The van der Waals surface area contributed by atoms with Gasteiger partial charge in [0, 0.05) is 5.69 Å². The van der Waals surface area contributed by atoms with Crippen LogP contribution in [-0.2, 0) is 11.4 Å². The number of nitriles is 1. The molecule has 5 heteroatoms. The number of hydrogen-bond acceptors (Lipinski definition) is 4. The van der Waals surface area contributed by atoms with Crippen molar-refractivity contribution in [3.05, 3.63) is 29.8 Å². The number of aliphatic hydroxyl groups excluding tert-OH is 1. The van der Waals surface area contributed by atoms with Crippen LogP contribution in [-0.4, -0.2) is 23.1 Å². The molecule has 0 aliphatic heterocycles. The summed E-state index contributed by atoms with van der Waals surface area (Å²) in [4.78, 5) is 11.9. The highest BCUT2D eigenvalue weighted by Gasteiger charge is 2.29. The molecule has 5 nitrogen and oxygen atoms in total. The summed E-state index contributed by atoms with van der Waals surface area (Å²) in [7, 11) is 0. The fourth-order valence-corrected chi connectivity index (χ4v) is 1.60. The van der Waals surface area contributed by atoms with E-state index < -0.39 is 5.54 Å². The van der Waals surface area contributed by atoms with Gasteiger partial charge in [-0.3, -0.25) is 4.79 Å². The Morgan fingerprint density at radius 1 is 1.50 bits per heavy atom. The van der Waals surface area contributed by atoms with E-state index in [0.717, 1.165) is 11.3 Å². The molecule has 0 aromatic heterocycles. The number of hydrogen-bond donors (Lipinski definition) is 3. The number of anilines is 1. The van der Waals surface area contributed by atoms with Crippen molar-refractivity contribution in [3.8, 4) is 6.07 Å². The molecule has 1 amide bonds. The van der Waals surface area contributed by atoms with Gasteiger partial charge in [-0.25, -0.2) is 0 Å². The first-order chi connectivity index (χ1) is 9.41. The first-order valence-electron chi connectivity index (χ1n) is 6.57. The Bertz CT molecular complexity index is 508. The second-order valence-electron chi connectivity index (χ2n) is 5.23. The minimum absolute atomic E-state index is 0.0224. The normalized spacial score (nSPS) is 13.4. The van der Waals surface area contributed by atoms with Gasteiger partial charge in [0.05, 0.1) is 19.2 Å². The molecule has 0 fully saturated rings. The third kappa shape index (κ3) is 4.25. The van der Waals surface area contributed by atoms with Crippen LogP contribution >= 0.6 is 0 Å². The molecule has 3 N–H and O–H groups in total. The Kier molecular flexibility index (Phi) is 5.53. The second kappa shape index (κ2) is 6.92. The van der Waals surface area contributed by atoms with E-state index in [-0.39, 0.29) is 25.0 Å². The molecule has 0 radical (unpaired) electrons. The minimum atomic E-state index is -0.869. The molecule has 0 heterocycles. The molecular weight excluding hydrogens is 254 g/mol. The zero-order valence-corrected chi connectivity index (χ0v) is 12.1. The maximum absolute atomic E-state index is 11.9. The van der Waals surface area contributed by atoms with Gasteiger partial charge in [0.15, 0.2) is 0 Å². The molecule has 0 bridgehead atoms. The fourth-order valence-electron chi connectivity index (χ4n) is 1.60. The van der Waals surface area contributed by atoms with Crippen molar-refractivity contribution in [3.63, 3.8) is 0 Å². The summed E-state index contributed by atoms with van der Waals surface area (Å²) in [6, 6.07) is 9.33. The SMILES string of the molecule is CC(C)C(C)(C#N)NC(=O)CNc1cccc(CO)c1. The summed E-state index contributed by atoms with van der Waals surface area (Å²) in [6.07, 6.45) is 0. The highest BCUT2D eigenvalue weighted by molar-refractivity contribution is 5.81. The standard InChI is InChI=1S/C15H21N3O2/c1-11(2)15(3,10-16)18-14(20)8-17-13-6-4-5-12(7-13)9-19/h4-7,11,17,19H,8-9H2,1-3H3,(H,18,20). The lowest BCUT2D eigenvalue weighted by atomic mass is 9.90. The van der Waals surface area contributed by atoms with E-state index in [1.54, 1.807) is 25.1 Å². The predicted octanol–water partition coefficient (Wildman–Crippen LogP) is 1.65. The van der Waals surface area contributed by atoms with Crippen molar-refractivity contribution < 1.29 is 9.90 Å². The molecule has 1 atom stereocenters. The minimum Gasteiger partial charge on any atom is -0.392 e. The maximum atomic E-state index is 11.9. The summed E-state index contributed by atoms with van der Waals surface area (Å²) >= 11 is 0. The van der Waals surface area contributed by atoms with Gasteiger partial charge in [-0.1, -0.05) is 26.0 Å². The number of aliphatic hydroxyl groups is 1. The molecule has 0 saturated heterocycles. The zero-order chi connectivity index (χ0) is 15.2. The molecule has 1 aromatic carbocycles. The van der Waals surface area contributed by atoms with Crippen molar-refractivity contribution >= 4 is 11.6 Å². The summed E-state index contributed by atoms with van der Waals surface area (Å²) in [5.41, 5.74) is 0.667. The third-order valence-corrected chi connectivity index (χ3v) is 3.35. The smallest absolute Gasteiger partial charge is 0.240 e. The average molecular weight is 275 g/mol. The van der Waals surface area contributed by atoms with Crippen LogP contribution in [0.5, 0.6) is 0 Å². The van der Waals surface area contributed by atoms with Gasteiger partial charge in [0.1, 0.15) is 5.54 Å². The van der Waals surface area contributed by atoms with Gasteiger partial charge in [0.2, 0.25) is 5.91 Å². The second-order valence-corrected chi connectivity index (χ2v) is 5.23. The Hall–Kier alpha value is -2.06. The Labute approximate surface area is 119 Å². The Morgan fingerprint density at radius 3 is 2.75 bits per heavy atom. The number of nitrogens with zero attached hydrogens (tertiary/aromatic N) is 1. The van der Waals surface area contributed by atoms with E-state index in [0.29, 0.717) is 0 Å². The molecule has 0 spiro atoms. The van der Waals surface area contributed by atoms with Crippen LogP contribution in [0.15, 0.2) is 24.3 Å². The topological polar surface area (TPSA) is 85.2 Å². The van der Waals surface area contributed by atoms with E-state index in [1.807, 2.05) is 19.9 Å². The molecule has 108 valence electrons. The molecule has 1 aromatic rings. The number of amides is 1. The molecule has 1 unspecified atom stereocenters. The lowest BCUT2D eigenvalue weighted by Gasteiger charge is -2.27. The summed E-state index contributed by atoms with van der Waals surface area (Å²) < 4.78 is 0. The van der Waals surface area contributed by atoms with E-state index >= 15 is 0 Å². The van der Waals surface area contributed by atoms with Crippen molar-refractivity contribution in [2.45, 2.75) is 32.9 Å². The van der Waals surface area contributed by atoms with Crippen LogP contribution in [0.1, 0.15) is 26.3 Å². The van der Waals surface area contributed by atoms with Crippen LogP contribution in [0.4, 0.5) is 5.69 Å². The molecule has 20 heavy (non-hydrogen) atoms. The van der Waals surface area contributed by atoms with Crippen LogP contribution < -0.4 is 10.6 Å². The largest absolute Gasteiger partial charge is 0.392 e. The molecule has 0 aliphatic carbocycles. The molecule has 0 saturated carbocycles. The Balaban J connectivity index is 2.57. The van der Waals surface area contributed by atoms with Gasteiger partial charge >= 0.3 is 0 Å². The zero-order valence-electron chi connectivity index (χ0n) is 12.1. The van der Waals surface area contributed by atoms with Gasteiger partial charge < -0.3 is 15.7 Å². The quantitative estimate of drug-likeness (QED) is 0.737. The van der Waals surface area contributed by atoms with Crippen LogP contribution in [0.2, 0.25) is 0 Å². The predicted molar refractivity (Wildman–Crippen MR) is 77.9 cm³/mol. The lowest BCUT2D eigenvalue weighted by molar-refractivity contribution is -0.121.